The standard InChI is InChI=1S/C16H24N6O2/c1-3-13-15(19-20-22(13)4-2)16(24)18-12-8-11(9-14(12)23)10-21-7-5-6-17-21/h5-7,11-12,14,23H,3-4,8-10H2,1-2H3,(H,18,24)/t11?,12-,14-/m1/s1. The lowest BCUT2D eigenvalue weighted by atomic mass is 10.1. The number of aliphatic hydroxyl groups excluding tert-OH is 1. The largest absolute Gasteiger partial charge is 0.391 e. The van der Waals surface area contributed by atoms with Crippen molar-refractivity contribution in [1.82, 2.24) is 30.1 Å². The monoisotopic (exact) mass is 332 g/mol. The average molecular weight is 332 g/mol. The van der Waals surface area contributed by atoms with E-state index in [1.807, 2.05) is 30.8 Å². The molecule has 0 bridgehead atoms. The Hall–Kier alpha value is -2.22. The number of rotatable bonds is 6. The minimum atomic E-state index is -0.541. The molecule has 8 nitrogen and oxygen atoms in total. The smallest absolute Gasteiger partial charge is 0.274 e. The number of carbonyl (C=O) groups excluding carboxylic acids is 1. The van der Waals surface area contributed by atoms with Crippen LogP contribution in [-0.4, -0.2) is 47.9 Å². The van der Waals surface area contributed by atoms with E-state index in [0.29, 0.717) is 31.0 Å². The van der Waals surface area contributed by atoms with Crippen molar-refractivity contribution in [3.05, 3.63) is 29.8 Å². The molecule has 2 N–H and O–H groups in total. The molecule has 1 unspecified atom stereocenters. The molecule has 1 amide bonds. The summed E-state index contributed by atoms with van der Waals surface area (Å²) in [6.45, 7) is 5.38. The average Bonchev–Trinajstić information content (AvgIpc) is 3.28. The summed E-state index contributed by atoms with van der Waals surface area (Å²) in [6.07, 6.45) is 5.20. The van der Waals surface area contributed by atoms with Crippen molar-refractivity contribution in [3.63, 3.8) is 0 Å². The van der Waals surface area contributed by atoms with Gasteiger partial charge in [0.25, 0.3) is 5.91 Å². The molecule has 1 aliphatic rings. The van der Waals surface area contributed by atoms with Crippen LogP contribution in [-0.2, 0) is 19.5 Å². The fourth-order valence-electron chi connectivity index (χ4n) is 3.45. The van der Waals surface area contributed by atoms with Crippen molar-refractivity contribution in [1.29, 1.82) is 0 Å². The van der Waals surface area contributed by atoms with Crippen molar-refractivity contribution < 1.29 is 9.90 Å². The summed E-state index contributed by atoms with van der Waals surface area (Å²) >= 11 is 0. The molecule has 1 aliphatic carbocycles. The molecule has 130 valence electrons. The van der Waals surface area contributed by atoms with E-state index in [0.717, 1.165) is 18.7 Å². The second-order valence-corrected chi connectivity index (χ2v) is 6.27. The third-order valence-corrected chi connectivity index (χ3v) is 4.63. The summed E-state index contributed by atoms with van der Waals surface area (Å²) in [5.41, 5.74) is 1.19. The topological polar surface area (TPSA) is 97.9 Å². The zero-order chi connectivity index (χ0) is 17.1. The Bertz CT molecular complexity index is 681. The van der Waals surface area contributed by atoms with E-state index in [2.05, 4.69) is 20.7 Å². The van der Waals surface area contributed by atoms with Gasteiger partial charge in [-0.3, -0.25) is 9.48 Å². The predicted octanol–water partition coefficient (Wildman–Crippen LogP) is 0.626. The Morgan fingerprint density at radius 1 is 1.42 bits per heavy atom. The van der Waals surface area contributed by atoms with E-state index in [1.54, 1.807) is 10.9 Å². The number of aliphatic hydroxyl groups is 1. The first kappa shape index (κ1) is 16.6. The number of amides is 1. The van der Waals surface area contributed by atoms with Gasteiger partial charge in [-0.25, -0.2) is 4.68 Å². The second kappa shape index (κ2) is 7.12. The van der Waals surface area contributed by atoms with Crippen LogP contribution in [0.15, 0.2) is 18.5 Å². The molecule has 3 atom stereocenters. The summed E-state index contributed by atoms with van der Waals surface area (Å²) in [5.74, 6) is 0.0394. The Labute approximate surface area is 140 Å². The van der Waals surface area contributed by atoms with Crippen molar-refractivity contribution in [2.45, 2.75) is 58.3 Å². The van der Waals surface area contributed by atoms with Crippen LogP contribution in [0.25, 0.3) is 0 Å². The highest BCUT2D eigenvalue weighted by Crippen LogP contribution is 2.27. The van der Waals surface area contributed by atoms with E-state index >= 15 is 0 Å². The maximum atomic E-state index is 12.5. The highest BCUT2D eigenvalue weighted by Gasteiger charge is 2.35. The maximum absolute atomic E-state index is 12.5. The number of hydrogen-bond donors (Lipinski definition) is 2. The normalized spacial score (nSPS) is 23.5. The summed E-state index contributed by atoms with van der Waals surface area (Å²) in [6, 6.07) is 1.63. The van der Waals surface area contributed by atoms with E-state index in [4.69, 9.17) is 0 Å². The molecule has 8 heteroatoms. The molecule has 0 aliphatic heterocycles. The molecule has 0 aromatic carbocycles. The van der Waals surface area contributed by atoms with Crippen LogP contribution < -0.4 is 5.32 Å². The van der Waals surface area contributed by atoms with Gasteiger partial charge in [0, 0.05) is 25.5 Å². The first-order valence-electron chi connectivity index (χ1n) is 8.51. The van der Waals surface area contributed by atoms with E-state index in [-0.39, 0.29) is 11.9 Å². The minimum Gasteiger partial charge on any atom is -0.391 e. The molecular weight excluding hydrogens is 308 g/mol. The predicted molar refractivity (Wildman–Crippen MR) is 87.3 cm³/mol. The van der Waals surface area contributed by atoms with Crippen molar-refractivity contribution >= 4 is 5.91 Å². The number of hydrogen-bond acceptors (Lipinski definition) is 5. The molecular formula is C16H24N6O2. The van der Waals surface area contributed by atoms with E-state index in [9.17, 15) is 9.90 Å². The molecule has 3 rings (SSSR count). The van der Waals surface area contributed by atoms with Gasteiger partial charge in [0.2, 0.25) is 0 Å². The first-order valence-corrected chi connectivity index (χ1v) is 8.51. The third-order valence-electron chi connectivity index (χ3n) is 4.63. The molecule has 0 spiro atoms. The molecule has 0 radical (unpaired) electrons. The molecule has 2 aromatic heterocycles. The van der Waals surface area contributed by atoms with Gasteiger partial charge in [-0.05, 0) is 38.2 Å². The van der Waals surface area contributed by atoms with Gasteiger partial charge in [-0.15, -0.1) is 5.10 Å². The third kappa shape index (κ3) is 3.33. The highest BCUT2D eigenvalue weighted by molar-refractivity contribution is 5.93. The van der Waals surface area contributed by atoms with Crippen molar-refractivity contribution in [2.24, 2.45) is 5.92 Å². The van der Waals surface area contributed by atoms with Crippen LogP contribution in [0.4, 0.5) is 0 Å². The van der Waals surface area contributed by atoms with Crippen molar-refractivity contribution in [2.75, 3.05) is 0 Å². The summed E-state index contributed by atoms with van der Waals surface area (Å²) in [7, 11) is 0. The highest BCUT2D eigenvalue weighted by atomic mass is 16.3. The molecule has 2 aromatic rings. The number of nitrogens with one attached hydrogen (secondary N) is 1. The first-order chi connectivity index (χ1) is 11.6. The van der Waals surface area contributed by atoms with Gasteiger partial charge in [0.05, 0.1) is 17.8 Å². The molecule has 0 saturated heterocycles. The fraction of sp³-hybridized carbons (Fsp3) is 0.625. The molecule has 24 heavy (non-hydrogen) atoms. The van der Waals surface area contributed by atoms with Gasteiger partial charge in [0.1, 0.15) is 0 Å². The van der Waals surface area contributed by atoms with E-state index < -0.39 is 6.10 Å². The van der Waals surface area contributed by atoms with Crippen LogP contribution in [0.3, 0.4) is 0 Å². The number of aromatic nitrogens is 5. The Kier molecular flexibility index (Phi) is 4.94. The summed E-state index contributed by atoms with van der Waals surface area (Å²) in [4.78, 5) is 12.5. The quantitative estimate of drug-likeness (QED) is 0.808. The Morgan fingerprint density at radius 3 is 2.92 bits per heavy atom. The molecule has 2 heterocycles. The minimum absolute atomic E-state index is 0.254. The van der Waals surface area contributed by atoms with Crippen molar-refractivity contribution in [3.8, 4) is 0 Å². The lowest BCUT2D eigenvalue weighted by Crippen LogP contribution is -2.40. The van der Waals surface area contributed by atoms with Crippen LogP contribution in [0, 0.1) is 5.92 Å². The number of aryl methyl sites for hydroxylation is 1. The lowest BCUT2D eigenvalue weighted by molar-refractivity contribution is 0.0867. The Balaban J connectivity index is 1.63. The van der Waals surface area contributed by atoms with Gasteiger partial charge < -0.3 is 10.4 Å². The van der Waals surface area contributed by atoms with Crippen LogP contribution in [0.1, 0.15) is 42.9 Å². The lowest BCUT2D eigenvalue weighted by Gasteiger charge is -2.16. The number of nitrogens with zero attached hydrogens (tertiary/aromatic N) is 5. The summed E-state index contributed by atoms with van der Waals surface area (Å²) in [5, 5.41) is 25.4. The van der Waals surface area contributed by atoms with Gasteiger partial charge in [-0.1, -0.05) is 12.1 Å². The zero-order valence-corrected chi connectivity index (χ0v) is 14.1. The zero-order valence-electron chi connectivity index (χ0n) is 14.1. The second-order valence-electron chi connectivity index (χ2n) is 6.27. The van der Waals surface area contributed by atoms with Crippen LogP contribution >= 0.6 is 0 Å². The Morgan fingerprint density at radius 2 is 2.25 bits per heavy atom. The van der Waals surface area contributed by atoms with Crippen LogP contribution in [0.2, 0.25) is 0 Å². The van der Waals surface area contributed by atoms with Crippen LogP contribution in [0.5, 0.6) is 0 Å². The molecule has 1 fully saturated rings. The number of carbonyl (C=O) groups is 1. The summed E-state index contributed by atoms with van der Waals surface area (Å²) < 4.78 is 3.60. The van der Waals surface area contributed by atoms with E-state index in [1.165, 1.54) is 0 Å². The fourth-order valence-corrected chi connectivity index (χ4v) is 3.45. The van der Waals surface area contributed by atoms with Gasteiger partial charge >= 0.3 is 0 Å². The maximum Gasteiger partial charge on any atom is 0.274 e. The van der Waals surface area contributed by atoms with Gasteiger partial charge in [-0.2, -0.15) is 5.10 Å². The SMILES string of the molecule is CCc1c(C(=O)N[C@@H]2CC(Cn3cccn3)C[C@H]2O)nnn1CC. The molecule has 1 saturated carbocycles. The van der Waals surface area contributed by atoms with Gasteiger partial charge in [0.15, 0.2) is 5.69 Å².